The van der Waals surface area contributed by atoms with Gasteiger partial charge in [0.25, 0.3) is 0 Å². The Morgan fingerprint density at radius 1 is 1.32 bits per heavy atom. The summed E-state index contributed by atoms with van der Waals surface area (Å²) in [6.07, 6.45) is 2.68. The predicted octanol–water partition coefficient (Wildman–Crippen LogP) is 1.88. The van der Waals surface area contributed by atoms with Gasteiger partial charge in [0.15, 0.2) is 0 Å². The molecule has 0 spiro atoms. The van der Waals surface area contributed by atoms with Gasteiger partial charge in [0, 0.05) is 19.7 Å². The lowest BCUT2D eigenvalue weighted by atomic mass is 10.1. The van der Waals surface area contributed by atoms with E-state index in [4.69, 9.17) is 4.74 Å². The van der Waals surface area contributed by atoms with E-state index in [0.717, 1.165) is 23.4 Å². The maximum absolute atomic E-state index is 10.1. The molecule has 1 N–H and O–H groups in total. The number of ether oxygens (including phenoxy) is 1. The second-order valence-electron chi connectivity index (χ2n) is 4.52. The van der Waals surface area contributed by atoms with Gasteiger partial charge < -0.3 is 9.84 Å². The number of rotatable bonds is 6. The van der Waals surface area contributed by atoms with Gasteiger partial charge in [0.2, 0.25) is 0 Å². The minimum absolute atomic E-state index is 0.461. The molecule has 0 saturated carbocycles. The number of aryl methyl sites for hydroxylation is 1. The van der Waals surface area contributed by atoms with Crippen LogP contribution in [0, 0.1) is 0 Å². The van der Waals surface area contributed by atoms with Crippen molar-refractivity contribution in [1.29, 1.82) is 0 Å². The van der Waals surface area contributed by atoms with Gasteiger partial charge in [-0.1, -0.05) is 24.3 Å². The van der Waals surface area contributed by atoms with Gasteiger partial charge in [-0.15, -0.1) is 5.10 Å². The lowest BCUT2D eigenvalue weighted by Crippen LogP contribution is -2.02. The Balaban J connectivity index is 1.97. The molecule has 0 radical (unpaired) electrons. The topological polar surface area (TPSA) is 60.2 Å². The molecule has 5 nitrogen and oxygen atoms in total. The Bertz CT molecular complexity index is 508. The summed E-state index contributed by atoms with van der Waals surface area (Å²) < 4.78 is 7.13. The Morgan fingerprint density at radius 2 is 2.05 bits per heavy atom. The van der Waals surface area contributed by atoms with Crippen LogP contribution in [0.5, 0.6) is 5.75 Å². The fourth-order valence-electron chi connectivity index (χ4n) is 1.81. The maximum atomic E-state index is 10.1. The summed E-state index contributed by atoms with van der Waals surface area (Å²) in [6.45, 7) is 2.78. The van der Waals surface area contributed by atoms with Gasteiger partial charge in [0.05, 0.1) is 18.4 Å². The average molecular weight is 261 g/mol. The lowest BCUT2D eigenvalue weighted by Gasteiger charge is -2.10. The Morgan fingerprint density at radius 3 is 2.63 bits per heavy atom. The summed E-state index contributed by atoms with van der Waals surface area (Å²) >= 11 is 0. The van der Waals surface area contributed by atoms with E-state index in [0.29, 0.717) is 13.0 Å². The van der Waals surface area contributed by atoms with Gasteiger partial charge in [-0.2, -0.15) is 0 Å². The van der Waals surface area contributed by atoms with E-state index in [2.05, 4.69) is 17.2 Å². The van der Waals surface area contributed by atoms with E-state index in [1.54, 1.807) is 4.68 Å². The number of hydrogen-bond acceptors (Lipinski definition) is 4. The molecule has 2 aromatic rings. The SMILES string of the molecule is CCCOc1ccc(C(O)Cc2cn(C)nn2)cc1. The summed E-state index contributed by atoms with van der Waals surface area (Å²) in [5, 5.41) is 17.9. The van der Waals surface area contributed by atoms with Gasteiger partial charge >= 0.3 is 0 Å². The normalized spacial score (nSPS) is 12.4. The highest BCUT2D eigenvalue weighted by Crippen LogP contribution is 2.20. The van der Waals surface area contributed by atoms with Crippen molar-refractivity contribution < 1.29 is 9.84 Å². The van der Waals surface area contributed by atoms with Gasteiger partial charge in [-0.25, -0.2) is 0 Å². The number of aliphatic hydroxyl groups is 1. The Hall–Kier alpha value is -1.88. The molecule has 0 aliphatic carbocycles. The molecule has 0 saturated heterocycles. The van der Waals surface area contributed by atoms with E-state index < -0.39 is 6.10 Å². The van der Waals surface area contributed by atoms with Crippen LogP contribution in [-0.4, -0.2) is 26.7 Å². The summed E-state index contributed by atoms with van der Waals surface area (Å²) in [7, 11) is 1.81. The molecule has 0 aliphatic heterocycles. The highest BCUT2D eigenvalue weighted by Gasteiger charge is 2.11. The summed E-state index contributed by atoms with van der Waals surface area (Å²) in [5.74, 6) is 0.831. The minimum atomic E-state index is -0.572. The molecule has 1 aromatic carbocycles. The highest BCUT2D eigenvalue weighted by molar-refractivity contribution is 5.29. The molecule has 1 atom stereocenters. The van der Waals surface area contributed by atoms with E-state index in [9.17, 15) is 5.11 Å². The number of aliphatic hydroxyl groups excluding tert-OH is 1. The maximum Gasteiger partial charge on any atom is 0.119 e. The van der Waals surface area contributed by atoms with Gasteiger partial charge in [0.1, 0.15) is 5.75 Å². The van der Waals surface area contributed by atoms with Crippen molar-refractivity contribution in [2.75, 3.05) is 6.61 Å². The fraction of sp³-hybridized carbons (Fsp3) is 0.429. The van der Waals surface area contributed by atoms with Crippen molar-refractivity contribution in [3.63, 3.8) is 0 Å². The molecule has 1 unspecified atom stereocenters. The quantitative estimate of drug-likeness (QED) is 0.862. The van der Waals surface area contributed by atoms with E-state index in [1.165, 1.54) is 0 Å². The highest BCUT2D eigenvalue weighted by atomic mass is 16.5. The Kier molecular flexibility index (Phi) is 4.52. The molecule has 1 aromatic heterocycles. The van der Waals surface area contributed by atoms with E-state index in [-0.39, 0.29) is 0 Å². The molecule has 5 heteroatoms. The first kappa shape index (κ1) is 13.5. The minimum Gasteiger partial charge on any atom is -0.494 e. The monoisotopic (exact) mass is 261 g/mol. The average Bonchev–Trinajstić information content (AvgIpc) is 2.82. The second-order valence-corrected chi connectivity index (χ2v) is 4.52. The zero-order valence-corrected chi connectivity index (χ0v) is 11.3. The molecule has 0 amide bonds. The van der Waals surface area contributed by atoms with Crippen molar-refractivity contribution in [3.05, 3.63) is 41.7 Å². The first-order valence-electron chi connectivity index (χ1n) is 6.45. The molecule has 0 bridgehead atoms. The van der Waals surface area contributed by atoms with Crippen LogP contribution >= 0.6 is 0 Å². The van der Waals surface area contributed by atoms with Crippen LogP contribution in [0.4, 0.5) is 0 Å². The van der Waals surface area contributed by atoms with Crippen molar-refractivity contribution in [2.45, 2.75) is 25.9 Å². The summed E-state index contributed by atoms with van der Waals surface area (Å²) in [6, 6.07) is 7.52. The molecular formula is C14H19N3O2. The third kappa shape index (κ3) is 3.79. The van der Waals surface area contributed by atoms with Crippen LogP contribution in [0.1, 0.15) is 30.7 Å². The first-order valence-corrected chi connectivity index (χ1v) is 6.45. The molecule has 2 rings (SSSR count). The standard InChI is InChI=1S/C14H19N3O2/c1-3-8-19-13-6-4-11(5-7-13)14(18)9-12-10-17(2)16-15-12/h4-7,10,14,18H,3,8-9H2,1-2H3. The number of nitrogens with zero attached hydrogens (tertiary/aromatic N) is 3. The van der Waals surface area contributed by atoms with Crippen LogP contribution in [0.25, 0.3) is 0 Å². The number of aromatic nitrogens is 3. The lowest BCUT2D eigenvalue weighted by molar-refractivity contribution is 0.177. The second kappa shape index (κ2) is 6.33. The van der Waals surface area contributed by atoms with Crippen LogP contribution in [-0.2, 0) is 13.5 Å². The van der Waals surface area contributed by atoms with Gasteiger partial charge in [-0.05, 0) is 24.1 Å². The van der Waals surface area contributed by atoms with E-state index in [1.807, 2.05) is 37.5 Å². The fourth-order valence-corrected chi connectivity index (χ4v) is 1.81. The third-order valence-corrected chi connectivity index (χ3v) is 2.79. The molecule has 102 valence electrons. The van der Waals surface area contributed by atoms with Crippen LogP contribution < -0.4 is 4.74 Å². The molecule has 0 fully saturated rings. The zero-order valence-electron chi connectivity index (χ0n) is 11.3. The number of hydrogen-bond donors (Lipinski definition) is 1. The summed E-state index contributed by atoms with van der Waals surface area (Å²) in [5.41, 5.74) is 1.64. The molecule has 0 aliphatic rings. The predicted molar refractivity (Wildman–Crippen MR) is 71.9 cm³/mol. The van der Waals surface area contributed by atoms with Crippen molar-refractivity contribution in [2.24, 2.45) is 7.05 Å². The van der Waals surface area contributed by atoms with Crippen LogP contribution in [0.15, 0.2) is 30.5 Å². The van der Waals surface area contributed by atoms with Gasteiger partial charge in [-0.3, -0.25) is 4.68 Å². The van der Waals surface area contributed by atoms with E-state index >= 15 is 0 Å². The molecule has 1 heterocycles. The Labute approximate surface area is 112 Å². The first-order chi connectivity index (χ1) is 9.19. The summed E-state index contributed by atoms with van der Waals surface area (Å²) in [4.78, 5) is 0. The van der Waals surface area contributed by atoms with Crippen molar-refractivity contribution >= 4 is 0 Å². The zero-order chi connectivity index (χ0) is 13.7. The molecular weight excluding hydrogens is 242 g/mol. The molecule has 19 heavy (non-hydrogen) atoms. The van der Waals surface area contributed by atoms with Crippen LogP contribution in [0.3, 0.4) is 0 Å². The third-order valence-electron chi connectivity index (χ3n) is 2.79. The van der Waals surface area contributed by atoms with Crippen LogP contribution in [0.2, 0.25) is 0 Å². The largest absolute Gasteiger partial charge is 0.494 e. The van der Waals surface area contributed by atoms with Crippen molar-refractivity contribution in [3.8, 4) is 5.75 Å². The smallest absolute Gasteiger partial charge is 0.119 e. The van der Waals surface area contributed by atoms with Crippen molar-refractivity contribution in [1.82, 2.24) is 15.0 Å². The number of benzene rings is 1.